The Bertz CT molecular complexity index is 776. The van der Waals surface area contributed by atoms with Crippen molar-refractivity contribution in [2.45, 2.75) is 49.8 Å². The van der Waals surface area contributed by atoms with Crippen molar-refractivity contribution in [3.05, 3.63) is 65.7 Å². The number of methoxy groups -OCH3 is 1. The largest absolute Gasteiger partial charge is 0.469 e. The fourth-order valence-electron chi connectivity index (χ4n) is 3.18. The van der Waals surface area contributed by atoms with Crippen LogP contribution in [0.4, 0.5) is 0 Å². The lowest BCUT2D eigenvalue weighted by molar-refractivity contribution is -0.150. The molecule has 6 heteroatoms. The molecule has 1 aliphatic heterocycles. The molecule has 0 aliphatic carbocycles. The second kappa shape index (κ2) is 10.3. The number of hydrogen-bond donors (Lipinski definition) is 0. The second-order valence-corrected chi connectivity index (χ2v) is 8.51. The van der Waals surface area contributed by atoms with Gasteiger partial charge >= 0.3 is 5.97 Å². The Labute approximate surface area is 176 Å². The van der Waals surface area contributed by atoms with Gasteiger partial charge < -0.3 is 18.9 Å². The van der Waals surface area contributed by atoms with Crippen LogP contribution in [0.5, 0.6) is 0 Å². The summed E-state index contributed by atoms with van der Waals surface area (Å²) in [6, 6.07) is 18.1. The molecule has 2 atom stereocenters. The molecule has 3 rings (SSSR count). The van der Waals surface area contributed by atoms with Crippen LogP contribution in [0.15, 0.2) is 59.5 Å². The van der Waals surface area contributed by atoms with Crippen LogP contribution in [-0.2, 0) is 36.8 Å². The molecular formula is C23H28O5S. The topological polar surface area (TPSA) is 54.0 Å². The van der Waals surface area contributed by atoms with Gasteiger partial charge in [0, 0.05) is 10.6 Å². The monoisotopic (exact) mass is 416 g/mol. The number of carbonyl (C=O) groups is 1. The van der Waals surface area contributed by atoms with E-state index in [1.54, 1.807) is 11.8 Å². The molecule has 1 aliphatic rings. The van der Waals surface area contributed by atoms with Gasteiger partial charge in [-0.3, -0.25) is 4.79 Å². The van der Waals surface area contributed by atoms with E-state index in [9.17, 15) is 4.79 Å². The minimum atomic E-state index is -0.615. The van der Waals surface area contributed by atoms with Crippen molar-refractivity contribution in [3.63, 3.8) is 0 Å². The number of hydrogen-bond acceptors (Lipinski definition) is 6. The van der Waals surface area contributed by atoms with Crippen molar-refractivity contribution in [2.75, 3.05) is 19.5 Å². The number of carbonyl (C=O) groups excluding carboxylic acids is 1. The molecule has 2 unspecified atom stereocenters. The Morgan fingerprint density at radius 3 is 2.38 bits per heavy atom. The highest BCUT2D eigenvalue weighted by molar-refractivity contribution is 7.99. The van der Waals surface area contributed by atoms with E-state index in [4.69, 9.17) is 18.9 Å². The third-order valence-corrected chi connectivity index (χ3v) is 5.69. The Kier molecular flexibility index (Phi) is 7.72. The molecule has 0 radical (unpaired) electrons. The summed E-state index contributed by atoms with van der Waals surface area (Å²) in [5, 5.41) is 0. The van der Waals surface area contributed by atoms with Crippen molar-refractivity contribution in [3.8, 4) is 0 Å². The summed E-state index contributed by atoms with van der Waals surface area (Å²) in [5.74, 6) is -0.0855. The van der Waals surface area contributed by atoms with Crippen LogP contribution in [0, 0.1) is 0 Å². The van der Waals surface area contributed by atoms with Crippen molar-refractivity contribution in [1.29, 1.82) is 0 Å². The molecule has 2 aromatic rings. The SMILES string of the molecule is COC(=O)Cc1ccc(SCC2OC(C)(C)OC2COCc2ccccc2)cc1. The number of rotatable bonds is 9. The Morgan fingerprint density at radius 2 is 1.69 bits per heavy atom. The van der Waals surface area contributed by atoms with E-state index in [0.717, 1.165) is 21.8 Å². The van der Waals surface area contributed by atoms with Gasteiger partial charge in [-0.05, 0) is 37.1 Å². The molecule has 5 nitrogen and oxygen atoms in total. The quantitative estimate of drug-likeness (QED) is 0.450. The highest BCUT2D eigenvalue weighted by Gasteiger charge is 2.41. The third kappa shape index (κ3) is 6.85. The highest BCUT2D eigenvalue weighted by atomic mass is 32.2. The summed E-state index contributed by atoms with van der Waals surface area (Å²) in [6.07, 6.45) is 0.121. The maximum Gasteiger partial charge on any atom is 0.309 e. The average molecular weight is 417 g/mol. The first-order valence-corrected chi connectivity index (χ1v) is 10.7. The maximum absolute atomic E-state index is 11.4. The predicted molar refractivity (Wildman–Crippen MR) is 113 cm³/mol. The molecule has 1 saturated heterocycles. The molecule has 0 aromatic heterocycles. The van der Waals surface area contributed by atoms with Gasteiger partial charge in [0.25, 0.3) is 0 Å². The van der Waals surface area contributed by atoms with Crippen LogP contribution >= 0.6 is 11.8 Å². The highest BCUT2D eigenvalue weighted by Crippen LogP contribution is 2.32. The van der Waals surface area contributed by atoms with Gasteiger partial charge in [0.2, 0.25) is 0 Å². The summed E-state index contributed by atoms with van der Waals surface area (Å²) >= 11 is 1.71. The standard InChI is InChI=1S/C23H28O5S/c1-23(2)27-20(15-26-14-18-7-5-4-6-8-18)21(28-23)16-29-19-11-9-17(10-12-19)13-22(24)25-3/h4-12,20-21H,13-16H2,1-3H3. The van der Waals surface area contributed by atoms with E-state index < -0.39 is 5.79 Å². The van der Waals surface area contributed by atoms with Crippen LogP contribution in [0.3, 0.4) is 0 Å². The van der Waals surface area contributed by atoms with Crippen LogP contribution in [-0.4, -0.2) is 43.4 Å². The Hall–Kier alpha value is -1.86. The van der Waals surface area contributed by atoms with Crippen molar-refractivity contribution in [2.24, 2.45) is 0 Å². The molecule has 0 N–H and O–H groups in total. The van der Waals surface area contributed by atoms with E-state index in [2.05, 4.69) is 0 Å². The van der Waals surface area contributed by atoms with E-state index >= 15 is 0 Å². The predicted octanol–water partition coefficient (Wildman–Crippen LogP) is 4.23. The lowest BCUT2D eigenvalue weighted by Crippen LogP contribution is -2.29. The van der Waals surface area contributed by atoms with Crippen molar-refractivity contribution < 1.29 is 23.7 Å². The van der Waals surface area contributed by atoms with Crippen LogP contribution in [0.1, 0.15) is 25.0 Å². The van der Waals surface area contributed by atoms with Gasteiger partial charge in [-0.15, -0.1) is 11.8 Å². The third-order valence-electron chi connectivity index (χ3n) is 4.59. The van der Waals surface area contributed by atoms with Gasteiger partial charge in [0.15, 0.2) is 5.79 Å². The summed E-state index contributed by atoms with van der Waals surface area (Å²) in [7, 11) is 1.40. The van der Waals surface area contributed by atoms with E-state index in [1.807, 2.05) is 68.4 Å². The van der Waals surface area contributed by atoms with Crippen molar-refractivity contribution in [1.82, 2.24) is 0 Å². The van der Waals surface area contributed by atoms with Crippen LogP contribution in [0.2, 0.25) is 0 Å². The number of ether oxygens (including phenoxy) is 4. The van der Waals surface area contributed by atoms with E-state index in [1.165, 1.54) is 7.11 Å². The molecule has 1 fully saturated rings. The Morgan fingerprint density at radius 1 is 1.00 bits per heavy atom. The maximum atomic E-state index is 11.4. The molecule has 0 bridgehead atoms. The lowest BCUT2D eigenvalue weighted by Gasteiger charge is -2.17. The van der Waals surface area contributed by atoms with Gasteiger partial charge in [0.1, 0.15) is 6.10 Å². The first-order chi connectivity index (χ1) is 13.9. The smallest absolute Gasteiger partial charge is 0.309 e. The fraction of sp³-hybridized carbons (Fsp3) is 0.435. The molecule has 1 heterocycles. The summed E-state index contributed by atoms with van der Waals surface area (Å²) in [4.78, 5) is 12.5. The van der Waals surface area contributed by atoms with Gasteiger partial charge in [-0.25, -0.2) is 0 Å². The van der Waals surface area contributed by atoms with Crippen LogP contribution < -0.4 is 0 Å². The summed E-state index contributed by atoms with van der Waals surface area (Å²) in [5.41, 5.74) is 2.08. The fourth-order valence-corrected chi connectivity index (χ4v) is 4.15. The Balaban J connectivity index is 1.50. The molecule has 0 amide bonds. The van der Waals surface area contributed by atoms with Gasteiger partial charge in [0.05, 0.1) is 32.8 Å². The summed E-state index contributed by atoms with van der Waals surface area (Å²) < 4.78 is 22.7. The normalized spacial score (nSPS) is 20.5. The van der Waals surface area contributed by atoms with Gasteiger partial charge in [-0.2, -0.15) is 0 Å². The van der Waals surface area contributed by atoms with Crippen molar-refractivity contribution >= 4 is 17.7 Å². The summed E-state index contributed by atoms with van der Waals surface area (Å²) in [6.45, 7) is 4.91. The minimum Gasteiger partial charge on any atom is -0.469 e. The zero-order chi connectivity index (χ0) is 20.7. The average Bonchev–Trinajstić information content (AvgIpc) is 3.01. The first-order valence-electron chi connectivity index (χ1n) is 9.71. The number of esters is 1. The molecular weight excluding hydrogens is 388 g/mol. The zero-order valence-corrected chi connectivity index (χ0v) is 17.9. The van der Waals surface area contributed by atoms with Gasteiger partial charge in [-0.1, -0.05) is 42.5 Å². The second-order valence-electron chi connectivity index (χ2n) is 7.42. The van der Waals surface area contributed by atoms with Crippen LogP contribution in [0.25, 0.3) is 0 Å². The zero-order valence-electron chi connectivity index (χ0n) is 17.1. The minimum absolute atomic E-state index is 0.0551. The number of benzene rings is 2. The molecule has 29 heavy (non-hydrogen) atoms. The lowest BCUT2D eigenvalue weighted by atomic mass is 10.2. The molecule has 0 saturated carbocycles. The molecule has 0 spiro atoms. The first kappa shape index (κ1) is 21.8. The van der Waals surface area contributed by atoms with E-state index in [0.29, 0.717) is 13.2 Å². The molecule has 2 aromatic carbocycles. The van der Waals surface area contributed by atoms with E-state index in [-0.39, 0.29) is 24.6 Å². The molecule has 156 valence electrons. The number of thioether (sulfide) groups is 1.